The first-order chi connectivity index (χ1) is 14.8. The summed E-state index contributed by atoms with van der Waals surface area (Å²) in [6.45, 7) is 11.3. The van der Waals surface area contributed by atoms with Crippen molar-refractivity contribution < 1.29 is 4.57 Å². The second-order valence-electron chi connectivity index (χ2n) is 9.69. The zero-order chi connectivity index (χ0) is 21.9. The van der Waals surface area contributed by atoms with Crippen LogP contribution in [0.1, 0.15) is 37.6 Å². The van der Waals surface area contributed by atoms with Crippen molar-refractivity contribution in [2.45, 2.75) is 40.0 Å². The highest BCUT2D eigenvalue weighted by molar-refractivity contribution is 5.96. The quantitative estimate of drug-likeness (QED) is 0.218. The largest absolute Gasteiger partial charge is 0.240 e. The van der Waals surface area contributed by atoms with Gasteiger partial charge in [0.15, 0.2) is 0 Å². The fourth-order valence-corrected chi connectivity index (χ4v) is 4.93. The van der Waals surface area contributed by atoms with E-state index in [1.165, 1.54) is 43.9 Å². The van der Waals surface area contributed by atoms with Gasteiger partial charge in [-0.1, -0.05) is 69.3 Å². The molecule has 0 saturated carbocycles. The topological polar surface area (TPSA) is 16.8 Å². The van der Waals surface area contributed by atoms with Crippen LogP contribution in [0.25, 0.3) is 43.8 Å². The molecule has 0 aliphatic heterocycles. The minimum atomic E-state index is 0.0506. The van der Waals surface area contributed by atoms with Crippen LogP contribution in [0.15, 0.2) is 66.7 Å². The van der Waals surface area contributed by atoms with Crippen molar-refractivity contribution in [1.82, 2.24) is 4.98 Å². The molecule has 0 aliphatic carbocycles. The Morgan fingerprint density at radius 2 is 1.39 bits per heavy atom. The summed E-state index contributed by atoms with van der Waals surface area (Å²) in [6.07, 6.45) is 0. The molecular formula is C29H29N2+. The van der Waals surface area contributed by atoms with Gasteiger partial charge in [-0.2, -0.15) is 4.57 Å². The van der Waals surface area contributed by atoms with Crippen LogP contribution >= 0.6 is 0 Å². The van der Waals surface area contributed by atoms with Gasteiger partial charge in [-0.15, -0.1) is 0 Å². The zero-order valence-electron chi connectivity index (χ0n) is 19.2. The van der Waals surface area contributed by atoms with Crippen LogP contribution in [0.3, 0.4) is 0 Å². The highest BCUT2D eigenvalue weighted by Crippen LogP contribution is 2.38. The predicted molar refractivity (Wildman–Crippen MR) is 132 cm³/mol. The van der Waals surface area contributed by atoms with Crippen molar-refractivity contribution in [1.29, 1.82) is 0 Å². The second kappa shape index (κ2) is 6.88. The molecule has 0 radical (unpaired) electrons. The van der Waals surface area contributed by atoms with Gasteiger partial charge in [0, 0.05) is 6.07 Å². The number of rotatable bonds is 1. The summed E-state index contributed by atoms with van der Waals surface area (Å²) in [6, 6.07) is 24.2. The van der Waals surface area contributed by atoms with Crippen molar-refractivity contribution >= 4 is 32.6 Å². The lowest BCUT2D eigenvalue weighted by Crippen LogP contribution is -2.34. The molecular weight excluding hydrogens is 376 g/mol. The number of fused-ring (bicyclic) bond motifs is 3. The fourth-order valence-electron chi connectivity index (χ4n) is 4.93. The summed E-state index contributed by atoms with van der Waals surface area (Å²) in [5.74, 6) is 0. The van der Waals surface area contributed by atoms with Crippen molar-refractivity contribution in [3.8, 4) is 11.3 Å². The Morgan fingerprint density at radius 1 is 0.774 bits per heavy atom. The molecule has 154 valence electrons. The molecule has 0 atom stereocenters. The summed E-state index contributed by atoms with van der Waals surface area (Å²) >= 11 is 0. The van der Waals surface area contributed by atoms with Gasteiger partial charge >= 0.3 is 0 Å². The van der Waals surface area contributed by atoms with Gasteiger partial charge in [-0.25, -0.2) is 4.98 Å². The molecule has 0 N–H and O–H groups in total. The Hall–Kier alpha value is -3.26. The van der Waals surface area contributed by atoms with Gasteiger partial charge in [0.1, 0.15) is 18.3 Å². The molecule has 2 heteroatoms. The highest BCUT2D eigenvalue weighted by Gasteiger charge is 2.26. The monoisotopic (exact) mass is 405 g/mol. The van der Waals surface area contributed by atoms with E-state index >= 15 is 0 Å². The SMILES string of the molecule is Cc1nc2cc3ccccc3cc2[n+](C)c1-c1cc(C(C)(C)C)c2ccccc2c1C. The van der Waals surface area contributed by atoms with Crippen molar-refractivity contribution in [3.05, 3.63) is 83.6 Å². The number of benzene rings is 4. The third kappa shape index (κ3) is 3.09. The molecule has 0 amide bonds. The molecule has 5 rings (SSSR count). The van der Waals surface area contributed by atoms with E-state index in [1.807, 2.05) is 0 Å². The molecule has 0 fully saturated rings. The van der Waals surface area contributed by atoms with Gasteiger partial charge in [0.2, 0.25) is 11.2 Å². The van der Waals surface area contributed by atoms with Crippen molar-refractivity contribution in [3.63, 3.8) is 0 Å². The lowest BCUT2D eigenvalue weighted by Gasteiger charge is -2.24. The van der Waals surface area contributed by atoms with E-state index in [0.717, 1.165) is 16.7 Å². The van der Waals surface area contributed by atoms with Crippen LogP contribution in [0.2, 0.25) is 0 Å². The number of nitrogens with zero attached hydrogens (tertiary/aromatic N) is 2. The smallest absolute Gasteiger partial charge is 0.234 e. The molecule has 5 aromatic rings. The van der Waals surface area contributed by atoms with Gasteiger partial charge in [-0.3, -0.25) is 0 Å². The maximum absolute atomic E-state index is 5.06. The van der Waals surface area contributed by atoms with Gasteiger partial charge in [-0.05, 0) is 64.1 Å². The number of aryl methyl sites for hydroxylation is 3. The Balaban J connectivity index is 1.89. The third-order valence-corrected chi connectivity index (χ3v) is 6.55. The van der Waals surface area contributed by atoms with Gasteiger partial charge in [0.25, 0.3) is 0 Å². The van der Waals surface area contributed by atoms with E-state index in [1.54, 1.807) is 0 Å². The lowest BCUT2D eigenvalue weighted by atomic mass is 9.80. The van der Waals surface area contributed by atoms with Crippen LogP contribution in [0.4, 0.5) is 0 Å². The zero-order valence-corrected chi connectivity index (χ0v) is 19.2. The van der Waals surface area contributed by atoms with Crippen molar-refractivity contribution in [2.75, 3.05) is 0 Å². The van der Waals surface area contributed by atoms with Crippen molar-refractivity contribution in [2.24, 2.45) is 7.05 Å². The summed E-state index contributed by atoms with van der Waals surface area (Å²) in [5.41, 5.74) is 8.45. The first kappa shape index (κ1) is 19.7. The fraction of sp³-hybridized carbons (Fsp3) is 0.241. The summed E-state index contributed by atoms with van der Waals surface area (Å²) in [4.78, 5) is 5.06. The minimum Gasteiger partial charge on any atom is -0.240 e. The second-order valence-corrected chi connectivity index (χ2v) is 9.69. The maximum atomic E-state index is 5.06. The molecule has 0 unspecified atom stereocenters. The molecule has 0 spiro atoms. The number of hydrogen-bond acceptors (Lipinski definition) is 1. The first-order valence-electron chi connectivity index (χ1n) is 11.0. The minimum absolute atomic E-state index is 0.0506. The van der Waals surface area contributed by atoms with Crippen LogP contribution in [-0.2, 0) is 12.5 Å². The Bertz CT molecular complexity index is 1490. The summed E-state index contributed by atoms with van der Waals surface area (Å²) in [5, 5.41) is 5.14. The average Bonchev–Trinajstić information content (AvgIpc) is 2.73. The molecule has 0 saturated heterocycles. The van der Waals surface area contributed by atoms with E-state index in [0.29, 0.717) is 0 Å². The van der Waals surface area contributed by atoms with E-state index in [2.05, 4.69) is 113 Å². The third-order valence-electron chi connectivity index (χ3n) is 6.55. The Kier molecular flexibility index (Phi) is 4.37. The maximum Gasteiger partial charge on any atom is 0.234 e. The molecule has 31 heavy (non-hydrogen) atoms. The molecule has 4 aromatic carbocycles. The van der Waals surface area contributed by atoms with E-state index in [4.69, 9.17) is 4.98 Å². The predicted octanol–water partition coefficient (Wildman–Crippen LogP) is 6.95. The summed E-state index contributed by atoms with van der Waals surface area (Å²) < 4.78 is 2.33. The van der Waals surface area contributed by atoms with Gasteiger partial charge in [0.05, 0.1) is 5.56 Å². The first-order valence-corrected chi connectivity index (χ1v) is 11.0. The Labute approximate surface area is 184 Å². The average molecular weight is 406 g/mol. The van der Waals surface area contributed by atoms with Crippen LogP contribution < -0.4 is 4.57 Å². The van der Waals surface area contributed by atoms with Crippen LogP contribution in [-0.4, -0.2) is 4.98 Å². The molecule has 0 bridgehead atoms. The molecule has 0 aliphatic rings. The standard InChI is InChI=1S/C29H29N2/c1-18-22-13-9-10-14-23(22)25(29(3,4)5)17-24(18)28-19(2)30-26-15-20-11-7-8-12-21(20)16-27(26)31(28)6/h7-17H,1-6H3/q+1. The summed E-state index contributed by atoms with van der Waals surface area (Å²) in [7, 11) is 2.17. The lowest BCUT2D eigenvalue weighted by molar-refractivity contribution is -0.634. The van der Waals surface area contributed by atoms with E-state index in [9.17, 15) is 0 Å². The molecule has 1 heterocycles. The number of hydrogen-bond donors (Lipinski definition) is 0. The van der Waals surface area contributed by atoms with E-state index < -0.39 is 0 Å². The number of aromatic nitrogens is 2. The molecule has 2 nitrogen and oxygen atoms in total. The van der Waals surface area contributed by atoms with Gasteiger partial charge < -0.3 is 0 Å². The van der Waals surface area contributed by atoms with Crippen LogP contribution in [0, 0.1) is 13.8 Å². The van der Waals surface area contributed by atoms with Crippen LogP contribution in [0.5, 0.6) is 0 Å². The molecule has 1 aromatic heterocycles. The van der Waals surface area contributed by atoms with E-state index in [-0.39, 0.29) is 5.41 Å². The highest BCUT2D eigenvalue weighted by atomic mass is 15.0. The normalized spacial score (nSPS) is 12.2. The Morgan fingerprint density at radius 3 is 2.06 bits per heavy atom.